The first-order chi connectivity index (χ1) is 11.7. The van der Waals surface area contributed by atoms with Crippen LogP contribution in [0.1, 0.15) is 23.3 Å². The summed E-state index contributed by atoms with van der Waals surface area (Å²) in [6.07, 6.45) is 6.73. The molecule has 0 radical (unpaired) electrons. The average Bonchev–Trinajstić information content (AvgIpc) is 3.31. The molecule has 122 valence electrons. The fraction of sp³-hybridized carbons (Fsp3) is 0.267. The number of carbonyl (C=O) groups is 1. The lowest BCUT2D eigenvalue weighted by molar-refractivity contribution is 0.102. The van der Waals surface area contributed by atoms with Crippen LogP contribution in [0, 0.1) is 0 Å². The van der Waals surface area contributed by atoms with Crippen molar-refractivity contribution in [2.24, 2.45) is 0 Å². The van der Waals surface area contributed by atoms with Gasteiger partial charge in [-0.3, -0.25) is 4.79 Å². The van der Waals surface area contributed by atoms with Gasteiger partial charge in [0.15, 0.2) is 11.3 Å². The molecule has 1 fully saturated rings. The first-order valence-corrected chi connectivity index (χ1v) is 7.65. The molecule has 0 atom stereocenters. The number of nitrogens with one attached hydrogen (secondary N) is 3. The highest BCUT2D eigenvalue weighted by Crippen LogP contribution is 2.28. The van der Waals surface area contributed by atoms with E-state index in [9.17, 15) is 4.79 Å². The van der Waals surface area contributed by atoms with Gasteiger partial charge < -0.3 is 16.0 Å². The van der Waals surface area contributed by atoms with Gasteiger partial charge in [-0.15, -0.1) is 5.10 Å². The molecule has 9 nitrogen and oxygen atoms in total. The Balaban J connectivity index is 1.71. The van der Waals surface area contributed by atoms with Crippen LogP contribution < -0.4 is 16.0 Å². The van der Waals surface area contributed by atoms with Gasteiger partial charge >= 0.3 is 0 Å². The van der Waals surface area contributed by atoms with E-state index in [1.165, 1.54) is 17.0 Å². The summed E-state index contributed by atoms with van der Waals surface area (Å²) in [6.45, 7) is 0. The highest BCUT2D eigenvalue weighted by atomic mass is 16.2. The van der Waals surface area contributed by atoms with Gasteiger partial charge in [0.1, 0.15) is 18.0 Å². The number of nitrogens with zero attached hydrogens (tertiary/aromatic N) is 5. The fourth-order valence-corrected chi connectivity index (χ4v) is 2.34. The molecule has 1 saturated carbocycles. The maximum atomic E-state index is 12.5. The zero-order chi connectivity index (χ0) is 16.5. The summed E-state index contributed by atoms with van der Waals surface area (Å²) in [5.41, 5.74) is 1.81. The van der Waals surface area contributed by atoms with Crippen LogP contribution in [0.4, 0.5) is 17.3 Å². The number of carbonyl (C=O) groups excluding carboxylic acids is 1. The van der Waals surface area contributed by atoms with Crippen LogP contribution in [-0.2, 0) is 0 Å². The third-order valence-electron chi connectivity index (χ3n) is 3.72. The molecule has 0 aliphatic heterocycles. The van der Waals surface area contributed by atoms with Crippen LogP contribution in [-0.4, -0.2) is 43.6 Å². The molecule has 9 heteroatoms. The minimum absolute atomic E-state index is 0.333. The predicted molar refractivity (Wildman–Crippen MR) is 89.2 cm³/mol. The number of imidazole rings is 1. The van der Waals surface area contributed by atoms with Crippen molar-refractivity contribution in [2.75, 3.05) is 23.0 Å². The van der Waals surface area contributed by atoms with Crippen molar-refractivity contribution in [2.45, 2.75) is 18.9 Å². The van der Waals surface area contributed by atoms with E-state index < -0.39 is 0 Å². The van der Waals surface area contributed by atoms with Crippen LogP contribution in [0.25, 0.3) is 5.65 Å². The summed E-state index contributed by atoms with van der Waals surface area (Å²) in [4.78, 5) is 24.7. The van der Waals surface area contributed by atoms with Crippen molar-refractivity contribution in [3.8, 4) is 0 Å². The summed E-state index contributed by atoms with van der Waals surface area (Å²) in [5, 5.41) is 13.6. The summed E-state index contributed by atoms with van der Waals surface area (Å²) in [7, 11) is 1.78. The molecule has 1 aliphatic carbocycles. The maximum Gasteiger partial charge on any atom is 0.277 e. The van der Waals surface area contributed by atoms with E-state index in [4.69, 9.17) is 0 Å². The molecule has 3 heterocycles. The van der Waals surface area contributed by atoms with Crippen molar-refractivity contribution < 1.29 is 4.79 Å². The van der Waals surface area contributed by atoms with E-state index in [1.54, 1.807) is 19.3 Å². The Labute approximate surface area is 137 Å². The number of rotatable bonds is 5. The molecule has 4 rings (SSSR count). The quantitative estimate of drug-likeness (QED) is 0.650. The van der Waals surface area contributed by atoms with Crippen molar-refractivity contribution in [1.82, 2.24) is 24.6 Å². The summed E-state index contributed by atoms with van der Waals surface area (Å²) in [6, 6.07) is 3.98. The summed E-state index contributed by atoms with van der Waals surface area (Å²) in [5.74, 6) is 0.741. The highest BCUT2D eigenvalue weighted by molar-refractivity contribution is 6.03. The van der Waals surface area contributed by atoms with Crippen LogP contribution >= 0.6 is 0 Å². The Bertz CT molecular complexity index is 887. The topological polar surface area (TPSA) is 109 Å². The minimum atomic E-state index is -0.334. The van der Waals surface area contributed by atoms with E-state index in [-0.39, 0.29) is 5.91 Å². The number of aromatic nitrogens is 5. The van der Waals surface area contributed by atoms with E-state index in [2.05, 4.69) is 36.0 Å². The number of hydrogen-bond donors (Lipinski definition) is 3. The third kappa shape index (κ3) is 2.71. The van der Waals surface area contributed by atoms with Gasteiger partial charge in [0, 0.05) is 25.4 Å². The number of amides is 1. The molecule has 3 aromatic heterocycles. The molecule has 1 amide bonds. The predicted octanol–water partition coefficient (Wildman–Crippen LogP) is 1.39. The second-order valence-corrected chi connectivity index (χ2v) is 5.54. The summed E-state index contributed by atoms with van der Waals surface area (Å²) < 4.78 is 1.53. The standard InChI is InChI=1S/C15H16N8O/c1-16-13-6-10(20-9-2-3-9)14-18-7-11(23(14)22-13)15(24)21-12-4-5-17-8-19-12/h4-9,20H,2-3H2,1H3,(H,16,22)(H,17,19,21,24). The van der Waals surface area contributed by atoms with Gasteiger partial charge in [0.05, 0.1) is 11.9 Å². The number of anilines is 3. The monoisotopic (exact) mass is 324 g/mol. The third-order valence-corrected chi connectivity index (χ3v) is 3.72. The average molecular weight is 324 g/mol. The number of hydrogen-bond acceptors (Lipinski definition) is 7. The zero-order valence-electron chi connectivity index (χ0n) is 13.0. The van der Waals surface area contributed by atoms with Gasteiger partial charge in [-0.25, -0.2) is 19.5 Å². The smallest absolute Gasteiger partial charge is 0.277 e. The molecule has 3 aromatic rings. The highest BCUT2D eigenvalue weighted by Gasteiger charge is 2.24. The SMILES string of the molecule is CNc1cc(NC2CC2)c2ncc(C(=O)Nc3ccncn3)n2n1. The second kappa shape index (κ2) is 5.76. The van der Waals surface area contributed by atoms with Crippen molar-refractivity contribution in [1.29, 1.82) is 0 Å². The van der Waals surface area contributed by atoms with E-state index in [1.807, 2.05) is 6.07 Å². The zero-order valence-corrected chi connectivity index (χ0v) is 13.0. The maximum absolute atomic E-state index is 12.5. The van der Waals surface area contributed by atoms with Gasteiger partial charge in [-0.1, -0.05) is 0 Å². The van der Waals surface area contributed by atoms with Crippen molar-refractivity contribution >= 4 is 28.9 Å². The molecule has 0 saturated heterocycles. The van der Waals surface area contributed by atoms with Gasteiger partial charge in [-0.2, -0.15) is 0 Å². The lowest BCUT2D eigenvalue weighted by atomic mass is 10.4. The Kier molecular flexibility index (Phi) is 3.45. The normalized spacial score (nSPS) is 13.7. The first-order valence-electron chi connectivity index (χ1n) is 7.65. The van der Waals surface area contributed by atoms with Gasteiger partial charge in [-0.05, 0) is 18.9 Å². The first kappa shape index (κ1) is 14.4. The Morgan fingerprint density at radius 3 is 2.88 bits per heavy atom. The Hall–Kier alpha value is -3.23. The van der Waals surface area contributed by atoms with E-state index in [0.29, 0.717) is 29.0 Å². The van der Waals surface area contributed by atoms with E-state index in [0.717, 1.165) is 18.5 Å². The molecular formula is C15H16N8O. The molecule has 0 aromatic carbocycles. The van der Waals surface area contributed by atoms with Gasteiger partial charge in [0.2, 0.25) is 0 Å². The van der Waals surface area contributed by atoms with Crippen LogP contribution in [0.5, 0.6) is 0 Å². The summed E-state index contributed by atoms with van der Waals surface area (Å²) >= 11 is 0. The molecule has 0 bridgehead atoms. The van der Waals surface area contributed by atoms with Crippen LogP contribution in [0.3, 0.4) is 0 Å². The van der Waals surface area contributed by atoms with Crippen molar-refractivity contribution in [3.63, 3.8) is 0 Å². The largest absolute Gasteiger partial charge is 0.379 e. The minimum Gasteiger partial charge on any atom is -0.379 e. The molecule has 0 spiro atoms. The van der Waals surface area contributed by atoms with Crippen LogP contribution in [0.15, 0.2) is 30.9 Å². The van der Waals surface area contributed by atoms with Crippen LogP contribution in [0.2, 0.25) is 0 Å². The molecule has 3 N–H and O–H groups in total. The Morgan fingerprint density at radius 2 is 2.17 bits per heavy atom. The molecule has 0 unspecified atom stereocenters. The number of fused-ring (bicyclic) bond motifs is 1. The lowest BCUT2D eigenvalue weighted by Gasteiger charge is -2.10. The van der Waals surface area contributed by atoms with Crippen molar-refractivity contribution in [3.05, 3.63) is 36.5 Å². The molecular weight excluding hydrogens is 308 g/mol. The Morgan fingerprint density at radius 1 is 1.29 bits per heavy atom. The van der Waals surface area contributed by atoms with E-state index >= 15 is 0 Å². The molecule has 1 aliphatic rings. The van der Waals surface area contributed by atoms with Gasteiger partial charge in [0.25, 0.3) is 5.91 Å². The second-order valence-electron chi connectivity index (χ2n) is 5.54. The fourth-order valence-electron chi connectivity index (χ4n) is 2.34. The molecule has 24 heavy (non-hydrogen) atoms. The lowest BCUT2D eigenvalue weighted by Crippen LogP contribution is -2.17.